The molecule has 1 heterocycles. The van der Waals surface area contributed by atoms with Gasteiger partial charge in [-0.1, -0.05) is 0 Å². The molecule has 12 heavy (non-hydrogen) atoms. The summed E-state index contributed by atoms with van der Waals surface area (Å²) in [6.45, 7) is 2.89. The molecule has 0 radical (unpaired) electrons. The first-order chi connectivity index (χ1) is 5.72. The van der Waals surface area contributed by atoms with Crippen LogP contribution >= 0.6 is 0 Å². The van der Waals surface area contributed by atoms with Crippen molar-refractivity contribution < 1.29 is 4.74 Å². The van der Waals surface area contributed by atoms with Crippen LogP contribution < -0.4 is 11.1 Å². The summed E-state index contributed by atoms with van der Waals surface area (Å²) < 4.78 is 5.40. The van der Waals surface area contributed by atoms with Crippen molar-refractivity contribution in [1.82, 2.24) is 5.32 Å². The number of nitrogens with zero attached hydrogens (tertiary/aromatic N) is 1. The van der Waals surface area contributed by atoms with Gasteiger partial charge in [-0.2, -0.15) is 0 Å². The van der Waals surface area contributed by atoms with Crippen molar-refractivity contribution in [2.75, 3.05) is 13.7 Å². The molecular formula is C8H17N3O. The van der Waals surface area contributed by atoms with Gasteiger partial charge in [-0.3, -0.25) is 4.99 Å². The molecule has 0 spiro atoms. The molecule has 0 aliphatic carbocycles. The minimum atomic E-state index is 0.334. The van der Waals surface area contributed by atoms with Crippen LogP contribution in [0.3, 0.4) is 0 Å². The van der Waals surface area contributed by atoms with E-state index in [1.807, 2.05) is 0 Å². The van der Waals surface area contributed by atoms with Crippen LogP contribution in [0.4, 0.5) is 0 Å². The second kappa shape index (κ2) is 4.30. The van der Waals surface area contributed by atoms with E-state index in [1.54, 1.807) is 7.05 Å². The maximum absolute atomic E-state index is 5.55. The van der Waals surface area contributed by atoms with Gasteiger partial charge in [0.1, 0.15) is 0 Å². The van der Waals surface area contributed by atoms with Crippen LogP contribution in [0.1, 0.15) is 19.8 Å². The Morgan fingerprint density at radius 1 is 1.67 bits per heavy atom. The lowest BCUT2D eigenvalue weighted by Gasteiger charge is -2.28. The van der Waals surface area contributed by atoms with Crippen LogP contribution in [0.2, 0.25) is 0 Å². The Labute approximate surface area is 73.2 Å². The quantitative estimate of drug-likeness (QED) is 0.434. The topological polar surface area (TPSA) is 59.6 Å². The summed E-state index contributed by atoms with van der Waals surface area (Å²) >= 11 is 0. The Bertz CT molecular complexity index is 170. The number of nitrogens with two attached hydrogens (primary N) is 1. The third-order valence-electron chi connectivity index (χ3n) is 2.08. The van der Waals surface area contributed by atoms with Crippen molar-refractivity contribution in [2.45, 2.75) is 31.9 Å². The molecule has 2 unspecified atom stereocenters. The maximum atomic E-state index is 5.55. The molecular weight excluding hydrogens is 154 g/mol. The Morgan fingerprint density at radius 2 is 2.42 bits per heavy atom. The van der Waals surface area contributed by atoms with E-state index in [0.29, 0.717) is 18.1 Å². The third kappa shape index (κ3) is 2.70. The Kier molecular flexibility index (Phi) is 3.34. The van der Waals surface area contributed by atoms with E-state index in [1.165, 1.54) is 0 Å². The molecule has 0 aromatic carbocycles. The molecule has 3 N–H and O–H groups in total. The molecule has 4 nitrogen and oxygen atoms in total. The maximum Gasteiger partial charge on any atom is 0.188 e. The molecule has 1 aliphatic rings. The average molecular weight is 171 g/mol. The first-order valence-electron chi connectivity index (χ1n) is 4.32. The van der Waals surface area contributed by atoms with E-state index in [9.17, 15) is 0 Å². The second-order valence-corrected chi connectivity index (χ2v) is 3.16. The number of rotatable bonds is 1. The number of ether oxygens (including phenoxy) is 1. The lowest BCUT2D eigenvalue weighted by atomic mass is 10.0. The van der Waals surface area contributed by atoms with E-state index < -0.39 is 0 Å². The van der Waals surface area contributed by atoms with E-state index in [4.69, 9.17) is 10.5 Å². The highest BCUT2D eigenvalue weighted by Crippen LogP contribution is 2.12. The highest BCUT2D eigenvalue weighted by Gasteiger charge is 2.18. The predicted molar refractivity (Wildman–Crippen MR) is 49.1 cm³/mol. The van der Waals surface area contributed by atoms with Crippen molar-refractivity contribution in [3.05, 3.63) is 0 Å². The van der Waals surface area contributed by atoms with Crippen molar-refractivity contribution in [3.8, 4) is 0 Å². The molecule has 0 saturated carbocycles. The van der Waals surface area contributed by atoms with Gasteiger partial charge in [-0.05, 0) is 19.8 Å². The fraction of sp³-hybridized carbons (Fsp3) is 0.875. The smallest absolute Gasteiger partial charge is 0.188 e. The molecule has 0 bridgehead atoms. The van der Waals surface area contributed by atoms with Crippen LogP contribution in [-0.4, -0.2) is 31.8 Å². The molecule has 1 fully saturated rings. The minimum absolute atomic E-state index is 0.334. The second-order valence-electron chi connectivity index (χ2n) is 3.16. The number of hydrogen-bond donors (Lipinski definition) is 2. The number of guanidine groups is 1. The summed E-state index contributed by atoms with van der Waals surface area (Å²) in [5.41, 5.74) is 5.55. The SMILES string of the molecule is CN=C(N)NC1CCOC(C)C1. The summed E-state index contributed by atoms with van der Waals surface area (Å²) in [7, 11) is 1.69. The van der Waals surface area contributed by atoms with Crippen LogP contribution in [0.5, 0.6) is 0 Å². The Balaban J connectivity index is 2.32. The van der Waals surface area contributed by atoms with Gasteiger partial charge in [0.25, 0.3) is 0 Å². The Hall–Kier alpha value is -0.770. The number of nitrogens with one attached hydrogen (secondary N) is 1. The largest absolute Gasteiger partial charge is 0.378 e. The Morgan fingerprint density at radius 3 is 3.00 bits per heavy atom. The normalized spacial score (nSPS) is 31.7. The highest BCUT2D eigenvalue weighted by molar-refractivity contribution is 5.77. The zero-order chi connectivity index (χ0) is 8.97. The summed E-state index contributed by atoms with van der Waals surface area (Å²) in [6.07, 6.45) is 2.36. The molecule has 1 saturated heterocycles. The molecule has 0 aromatic rings. The lowest BCUT2D eigenvalue weighted by molar-refractivity contribution is 0.0166. The van der Waals surface area contributed by atoms with Gasteiger partial charge < -0.3 is 15.8 Å². The number of aliphatic imine (C=N–C) groups is 1. The van der Waals surface area contributed by atoms with Crippen LogP contribution in [-0.2, 0) is 4.74 Å². The van der Waals surface area contributed by atoms with Gasteiger partial charge in [0.15, 0.2) is 5.96 Å². The minimum Gasteiger partial charge on any atom is -0.378 e. The van der Waals surface area contributed by atoms with E-state index in [2.05, 4.69) is 17.2 Å². The first kappa shape index (κ1) is 9.32. The third-order valence-corrected chi connectivity index (χ3v) is 2.08. The van der Waals surface area contributed by atoms with Gasteiger partial charge in [0, 0.05) is 19.7 Å². The van der Waals surface area contributed by atoms with Gasteiger partial charge >= 0.3 is 0 Å². The number of hydrogen-bond acceptors (Lipinski definition) is 2. The van der Waals surface area contributed by atoms with E-state index in [-0.39, 0.29) is 0 Å². The van der Waals surface area contributed by atoms with Gasteiger partial charge in [-0.15, -0.1) is 0 Å². The first-order valence-corrected chi connectivity index (χ1v) is 4.32. The van der Waals surface area contributed by atoms with E-state index in [0.717, 1.165) is 19.4 Å². The summed E-state index contributed by atoms with van der Waals surface area (Å²) in [5, 5.41) is 3.15. The van der Waals surface area contributed by atoms with Crippen molar-refractivity contribution >= 4 is 5.96 Å². The predicted octanol–water partition coefficient (Wildman–Crippen LogP) is 0.0880. The highest BCUT2D eigenvalue weighted by atomic mass is 16.5. The van der Waals surface area contributed by atoms with Gasteiger partial charge in [0.2, 0.25) is 0 Å². The van der Waals surface area contributed by atoms with Crippen LogP contribution in [0.15, 0.2) is 4.99 Å². The fourth-order valence-electron chi connectivity index (χ4n) is 1.40. The van der Waals surface area contributed by atoms with Crippen molar-refractivity contribution in [1.29, 1.82) is 0 Å². The van der Waals surface area contributed by atoms with Gasteiger partial charge in [0.05, 0.1) is 6.10 Å². The fourth-order valence-corrected chi connectivity index (χ4v) is 1.40. The molecule has 0 amide bonds. The molecule has 1 aliphatic heterocycles. The molecule has 2 atom stereocenters. The van der Waals surface area contributed by atoms with E-state index >= 15 is 0 Å². The summed E-state index contributed by atoms with van der Waals surface area (Å²) in [4.78, 5) is 3.85. The van der Waals surface area contributed by atoms with Crippen LogP contribution in [0, 0.1) is 0 Å². The monoisotopic (exact) mass is 171 g/mol. The molecule has 1 rings (SSSR count). The zero-order valence-electron chi connectivity index (χ0n) is 7.71. The average Bonchev–Trinajstić information content (AvgIpc) is 2.04. The van der Waals surface area contributed by atoms with Crippen LogP contribution in [0.25, 0.3) is 0 Å². The standard InChI is InChI=1S/C8H17N3O/c1-6-5-7(3-4-12-6)11-8(9)10-2/h6-7H,3-5H2,1-2H3,(H3,9,10,11). The lowest BCUT2D eigenvalue weighted by Crippen LogP contribution is -2.44. The summed E-state index contributed by atoms with van der Waals surface area (Å²) in [6, 6.07) is 0.428. The summed E-state index contributed by atoms with van der Waals surface area (Å²) in [5.74, 6) is 0.522. The van der Waals surface area contributed by atoms with Gasteiger partial charge in [-0.25, -0.2) is 0 Å². The molecule has 70 valence electrons. The molecule has 4 heteroatoms. The van der Waals surface area contributed by atoms with Crippen molar-refractivity contribution in [3.63, 3.8) is 0 Å². The zero-order valence-corrected chi connectivity index (χ0v) is 7.71. The molecule has 0 aromatic heterocycles. The van der Waals surface area contributed by atoms with Crippen molar-refractivity contribution in [2.24, 2.45) is 10.7 Å².